The van der Waals surface area contributed by atoms with Crippen LogP contribution < -0.4 is 14.8 Å². The zero-order valence-corrected chi connectivity index (χ0v) is 18.0. The lowest BCUT2D eigenvalue weighted by Crippen LogP contribution is -2.34. The van der Waals surface area contributed by atoms with Gasteiger partial charge in [0.05, 0.1) is 20.3 Å². The molecule has 2 amide bonds. The van der Waals surface area contributed by atoms with Crippen LogP contribution in [0, 0.1) is 5.92 Å². The number of anilines is 1. The van der Waals surface area contributed by atoms with Crippen molar-refractivity contribution >= 4 is 29.1 Å². The fraction of sp³-hybridized carbons (Fsp3) is 0.364. The van der Waals surface area contributed by atoms with E-state index in [1.807, 2.05) is 0 Å². The molecule has 0 aliphatic heterocycles. The zero-order chi connectivity index (χ0) is 21.4. The molecule has 156 valence electrons. The van der Waals surface area contributed by atoms with Gasteiger partial charge in [0.25, 0.3) is 5.91 Å². The lowest BCUT2D eigenvalue weighted by Gasteiger charge is -2.18. The number of nitrogens with one attached hydrogen (secondary N) is 1. The number of carbonyl (C=O) groups excluding carboxylic acids is 2. The average Bonchev–Trinajstić information content (AvgIpc) is 2.69. The normalized spacial score (nSPS) is 10.6. The molecule has 0 aliphatic carbocycles. The van der Waals surface area contributed by atoms with E-state index in [1.54, 1.807) is 49.5 Å². The minimum atomic E-state index is -0.302. The van der Waals surface area contributed by atoms with Crippen molar-refractivity contribution in [2.75, 3.05) is 32.6 Å². The molecule has 0 heterocycles. The number of hydrogen-bond acceptors (Lipinski definition) is 4. The Morgan fingerprint density at radius 1 is 1.10 bits per heavy atom. The molecule has 0 aliphatic rings. The molecule has 0 unspecified atom stereocenters. The highest BCUT2D eigenvalue weighted by molar-refractivity contribution is 6.30. The Morgan fingerprint density at radius 2 is 1.79 bits per heavy atom. The van der Waals surface area contributed by atoms with Crippen molar-refractivity contribution < 1.29 is 19.1 Å². The minimum absolute atomic E-state index is 0.0869. The smallest absolute Gasteiger partial charge is 0.254 e. The first kappa shape index (κ1) is 22.6. The number of methoxy groups -OCH3 is 1. The number of carbonyl (C=O) groups is 2. The lowest BCUT2D eigenvalue weighted by molar-refractivity contribution is -0.116. The van der Waals surface area contributed by atoms with Gasteiger partial charge >= 0.3 is 0 Å². The highest BCUT2D eigenvalue weighted by Gasteiger charge is 2.17. The summed E-state index contributed by atoms with van der Waals surface area (Å²) in [7, 11) is 3.10. The summed E-state index contributed by atoms with van der Waals surface area (Å²) in [6.07, 6.45) is 0.926. The van der Waals surface area contributed by atoms with E-state index in [9.17, 15) is 9.59 Å². The van der Waals surface area contributed by atoms with Crippen molar-refractivity contribution in [2.45, 2.75) is 20.3 Å². The van der Waals surface area contributed by atoms with Crippen molar-refractivity contribution in [1.29, 1.82) is 0 Å². The number of ether oxygens (including phenoxy) is 2. The van der Waals surface area contributed by atoms with Crippen LogP contribution in [-0.2, 0) is 4.79 Å². The van der Waals surface area contributed by atoms with Crippen LogP contribution in [0.25, 0.3) is 0 Å². The molecule has 29 heavy (non-hydrogen) atoms. The van der Waals surface area contributed by atoms with E-state index >= 15 is 0 Å². The molecule has 0 atom stereocenters. The summed E-state index contributed by atoms with van der Waals surface area (Å²) in [5, 5.41) is 3.32. The Balaban J connectivity index is 1.98. The van der Waals surface area contributed by atoms with Gasteiger partial charge in [-0.15, -0.1) is 0 Å². The number of likely N-dealkylation sites (N-methyl/N-ethyl adjacent to an activating group) is 1. The third-order valence-electron chi connectivity index (χ3n) is 4.22. The van der Waals surface area contributed by atoms with E-state index in [1.165, 1.54) is 12.0 Å². The first-order valence-electron chi connectivity index (χ1n) is 9.42. The van der Waals surface area contributed by atoms with E-state index < -0.39 is 0 Å². The molecule has 2 rings (SSSR count). The van der Waals surface area contributed by atoms with E-state index in [0.717, 1.165) is 6.42 Å². The first-order chi connectivity index (χ1) is 13.8. The van der Waals surface area contributed by atoms with E-state index in [-0.39, 0.29) is 18.4 Å². The van der Waals surface area contributed by atoms with E-state index in [4.69, 9.17) is 21.1 Å². The Labute approximate surface area is 176 Å². The van der Waals surface area contributed by atoms with Crippen LogP contribution in [0.2, 0.25) is 5.02 Å². The first-order valence-corrected chi connectivity index (χ1v) is 9.79. The highest BCUT2D eigenvalue weighted by Crippen LogP contribution is 2.29. The van der Waals surface area contributed by atoms with Gasteiger partial charge in [-0.2, -0.15) is 0 Å². The monoisotopic (exact) mass is 418 g/mol. The maximum absolute atomic E-state index is 12.7. The molecular weight excluding hydrogens is 392 g/mol. The molecule has 6 nitrogen and oxygen atoms in total. The second-order valence-electron chi connectivity index (χ2n) is 7.11. The lowest BCUT2D eigenvalue weighted by atomic mass is 10.1. The van der Waals surface area contributed by atoms with E-state index in [0.29, 0.717) is 40.3 Å². The number of halogens is 1. The van der Waals surface area contributed by atoms with Crippen LogP contribution in [0.1, 0.15) is 30.6 Å². The summed E-state index contributed by atoms with van der Waals surface area (Å²) in [4.78, 5) is 26.3. The number of hydrogen-bond donors (Lipinski definition) is 1. The van der Waals surface area contributed by atoms with Crippen LogP contribution in [0.3, 0.4) is 0 Å². The summed E-state index contributed by atoms with van der Waals surface area (Å²) >= 11 is 5.83. The van der Waals surface area contributed by atoms with Gasteiger partial charge in [-0.05, 0) is 54.8 Å². The molecular formula is C22H27ClN2O4. The van der Waals surface area contributed by atoms with Crippen molar-refractivity contribution in [1.82, 2.24) is 4.90 Å². The van der Waals surface area contributed by atoms with Crippen molar-refractivity contribution in [2.24, 2.45) is 5.92 Å². The molecule has 0 radical (unpaired) electrons. The van der Waals surface area contributed by atoms with E-state index in [2.05, 4.69) is 19.2 Å². The maximum atomic E-state index is 12.7. The summed E-state index contributed by atoms with van der Waals surface area (Å²) in [6.45, 7) is 4.74. The molecule has 0 saturated carbocycles. The van der Waals surface area contributed by atoms with Crippen molar-refractivity contribution in [3.63, 3.8) is 0 Å². The highest BCUT2D eigenvalue weighted by atomic mass is 35.5. The predicted molar refractivity (Wildman–Crippen MR) is 115 cm³/mol. The number of nitrogens with zero attached hydrogens (tertiary/aromatic N) is 1. The van der Waals surface area contributed by atoms with Crippen LogP contribution in [0.4, 0.5) is 5.69 Å². The van der Waals surface area contributed by atoms with Crippen LogP contribution in [0.5, 0.6) is 11.5 Å². The molecule has 1 N–H and O–H groups in total. The third kappa shape index (κ3) is 6.98. The predicted octanol–water partition coefficient (Wildman–Crippen LogP) is 4.48. The van der Waals surface area contributed by atoms with Crippen molar-refractivity contribution in [3.05, 3.63) is 53.1 Å². The van der Waals surface area contributed by atoms with Gasteiger partial charge in [-0.25, -0.2) is 0 Å². The quantitative estimate of drug-likeness (QED) is 0.651. The van der Waals surface area contributed by atoms with Crippen LogP contribution >= 0.6 is 11.6 Å². The van der Waals surface area contributed by atoms with Gasteiger partial charge in [-0.1, -0.05) is 25.4 Å². The van der Waals surface area contributed by atoms with Gasteiger partial charge in [0.15, 0.2) is 11.5 Å². The molecule has 0 spiro atoms. The number of rotatable bonds is 9. The standard InChI is InChI=1S/C22H27ClN2O4/c1-15(2)11-12-29-19-10-5-16(13-20(19)28-4)22(27)25(3)14-21(26)24-18-8-6-17(23)7-9-18/h5-10,13,15H,11-12,14H2,1-4H3,(H,24,26). The van der Waals surface area contributed by atoms with Gasteiger partial charge in [-0.3, -0.25) is 9.59 Å². The molecule has 2 aromatic carbocycles. The largest absolute Gasteiger partial charge is 0.493 e. The van der Waals surface area contributed by atoms with Gasteiger partial charge < -0.3 is 19.7 Å². The Hall–Kier alpha value is -2.73. The third-order valence-corrected chi connectivity index (χ3v) is 4.47. The fourth-order valence-electron chi connectivity index (χ4n) is 2.57. The Kier molecular flexibility index (Phi) is 8.34. The van der Waals surface area contributed by atoms with Gasteiger partial charge in [0.1, 0.15) is 0 Å². The van der Waals surface area contributed by atoms with Gasteiger partial charge in [0, 0.05) is 23.3 Å². The van der Waals surface area contributed by atoms with Gasteiger partial charge in [0.2, 0.25) is 5.91 Å². The average molecular weight is 419 g/mol. The number of benzene rings is 2. The Bertz CT molecular complexity index is 837. The van der Waals surface area contributed by atoms with Crippen LogP contribution in [-0.4, -0.2) is 44.0 Å². The second-order valence-corrected chi connectivity index (χ2v) is 7.55. The molecule has 0 fully saturated rings. The SMILES string of the molecule is COc1cc(C(=O)N(C)CC(=O)Nc2ccc(Cl)cc2)ccc1OCCC(C)C. The minimum Gasteiger partial charge on any atom is -0.493 e. The molecule has 0 saturated heterocycles. The van der Waals surface area contributed by atoms with Crippen molar-refractivity contribution in [3.8, 4) is 11.5 Å². The molecule has 0 bridgehead atoms. The van der Waals surface area contributed by atoms with Crippen LogP contribution in [0.15, 0.2) is 42.5 Å². The zero-order valence-electron chi connectivity index (χ0n) is 17.2. The molecule has 2 aromatic rings. The summed E-state index contributed by atoms with van der Waals surface area (Å²) in [5.41, 5.74) is 1.03. The fourth-order valence-corrected chi connectivity index (χ4v) is 2.69. The second kappa shape index (κ2) is 10.7. The Morgan fingerprint density at radius 3 is 2.41 bits per heavy atom. The topological polar surface area (TPSA) is 67.9 Å². The molecule has 0 aromatic heterocycles. The summed E-state index contributed by atoms with van der Waals surface area (Å²) < 4.78 is 11.1. The maximum Gasteiger partial charge on any atom is 0.254 e. The molecule has 7 heteroatoms. The summed E-state index contributed by atoms with van der Waals surface area (Å²) in [5.74, 6) is 1.02. The number of amides is 2. The summed E-state index contributed by atoms with van der Waals surface area (Å²) in [6, 6.07) is 11.8.